The van der Waals surface area contributed by atoms with Crippen LogP contribution in [-0.2, 0) is 0 Å². The number of nitrogens with zero attached hydrogens (tertiary/aromatic N) is 2. The Labute approximate surface area is 134 Å². The highest BCUT2D eigenvalue weighted by Gasteiger charge is 2.22. The van der Waals surface area contributed by atoms with Gasteiger partial charge >= 0.3 is 0 Å². The zero-order valence-electron chi connectivity index (χ0n) is 14.2. The van der Waals surface area contributed by atoms with Gasteiger partial charge < -0.3 is 9.80 Å². The number of aryl methyl sites for hydroxylation is 4. The largest absolute Gasteiger partial charge is 0.353 e. The summed E-state index contributed by atoms with van der Waals surface area (Å²) >= 11 is 0. The highest BCUT2D eigenvalue weighted by Crippen LogP contribution is 2.31. The van der Waals surface area contributed by atoms with E-state index >= 15 is 0 Å². The molecule has 0 aliphatic carbocycles. The van der Waals surface area contributed by atoms with Gasteiger partial charge in [0.15, 0.2) is 0 Å². The molecule has 1 aliphatic heterocycles. The predicted molar refractivity (Wildman–Crippen MR) is 96.0 cm³/mol. The minimum Gasteiger partial charge on any atom is -0.353 e. The van der Waals surface area contributed by atoms with Crippen molar-refractivity contribution in [2.45, 2.75) is 34.1 Å². The molecule has 0 bridgehead atoms. The molecular weight excluding hydrogens is 268 g/mol. The monoisotopic (exact) mass is 294 g/mol. The van der Waals surface area contributed by atoms with Gasteiger partial charge in [0, 0.05) is 24.5 Å². The van der Waals surface area contributed by atoms with Crippen molar-refractivity contribution in [3.05, 3.63) is 58.7 Å². The molecule has 0 unspecified atom stereocenters. The van der Waals surface area contributed by atoms with Gasteiger partial charge in [-0.15, -0.1) is 0 Å². The molecule has 0 atom stereocenters. The van der Waals surface area contributed by atoms with Crippen LogP contribution in [0.15, 0.2) is 36.4 Å². The van der Waals surface area contributed by atoms with Gasteiger partial charge in [0.2, 0.25) is 0 Å². The Morgan fingerprint density at radius 2 is 1.00 bits per heavy atom. The van der Waals surface area contributed by atoms with Crippen LogP contribution in [-0.4, -0.2) is 19.8 Å². The zero-order chi connectivity index (χ0) is 15.7. The van der Waals surface area contributed by atoms with Crippen LogP contribution in [0.1, 0.15) is 28.7 Å². The van der Waals surface area contributed by atoms with Crippen molar-refractivity contribution < 1.29 is 0 Å². The fourth-order valence-corrected chi connectivity index (χ4v) is 3.77. The van der Waals surface area contributed by atoms with Gasteiger partial charge in [-0.1, -0.05) is 36.4 Å². The van der Waals surface area contributed by atoms with E-state index in [9.17, 15) is 0 Å². The first-order valence-electron chi connectivity index (χ1n) is 8.20. The van der Waals surface area contributed by atoms with Crippen LogP contribution in [0.5, 0.6) is 0 Å². The Bertz CT molecular complexity index is 577. The number of hydrogen-bond acceptors (Lipinski definition) is 2. The lowest BCUT2D eigenvalue weighted by Crippen LogP contribution is -2.46. The molecule has 2 aromatic carbocycles. The van der Waals surface area contributed by atoms with Crippen molar-refractivity contribution >= 4 is 11.4 Å². The molecule has 2 nitrogen and oxygen atoms in total. The van der Waals surface area contributed by atoms with Crippen LogP contribution >= 0.6 is 0 Å². The highest BCUT2D eigenvalue weighted by molar-refractivity contribution is 5.63. The van der Waals surface area contributed by atoms with Crippen molar-refractivity contribution in [1.82, 2.24) is 0 Å². The molecule has 1 aliphatic rings. The van der Waals surface area contributed by atoms with Gasteiger partial charge in [0.05, 0.1) is 6.67 Å². The van der Waals surface area contributed by atoms with E-state index in [0.717, 1.165) is 19.8 Å². The van der Waals surface area contributed by atoms with E-state index < -0.39 is 0 Å². The highest BCUT2D eigenvalue weighted by atomic mass is 15.3. The van der Waals surface area contributed by atoms with E-state index in [2.05, 4.69) is 73.9 Å². The lowest BCUT2D eigenvalue weighted by molar-refractivity contribution is 0.611. The molecule has 22 heavy (non-hydrogen) atoms. The normalized spacial score (nSPS) is 15.3. The van der Waals surface area contributed by atoms with Gasteiger partial charge in [-0.25, -0.2) is 0 Å². The summed E-state index contributed by atoms with van der Waals surface area (Å²) in [5.41, 5.74) is 8.34. The molecule has 1 saturated heterocycles. The molecular formula is C20H26N2. The average molecular weight is 294 g/mol. The molecule has 0 aromatic heterocycles. The number of hydrogen-bond donors (Lipinski definition) is 0. The fraction of sp³-hybridized carbons (Fsp3) is 0.400. The quantitative estimate of drug-likeness (QED) is 0.799. The molecule has 2 heteroatoms. The van der Waals surface area contributed by atoms with Crippen LogP contribution in [0.2, 0.25) is 0 Å². The molecule has 1 heterocycles. The standard InChI is InChI=1S/C20H26N2/c1-15-8-5-9-16(2)19(15)21-12-7-13-22(14-21)20-17(3)10-6-11-18(20)4/h5-6,8-11H,7,12-14H2,1-4H3. The van der Waals surface area contributed by atoms with Gasteiger partial charge in [-0.2, -0.15) is 0 Å². The van der Waals surface area contributed by atoms with Crippen molar-refractivity contribution in [1.29, 1.82) is 0 Å². The first-order valence-corrected chi connectivity index (χ1v) is 8.20. The molecule has 0 saturated carbocycles. The van der Waals surface area contributed by atoms with Gasteiger partial charge in [0.25, 0.3) is 0 Å². The summed E-state index contributed by atoms with van der Waals surface area (Å²) in [6.07, 6.45) is 1.21. The van der Waals surface area contributed by atoms with Crippen LogP contribution in [0, 0.1) is 27.7 Å². The summed E-state index contributed by atoms with van der Waals surface area (Å²) in [5.74, 6) is 0. The molecule has 0 N–H and O–H groups in total. The third kappa shape index (κ3) is 2.70. The first-order chi connectivity index (χ1) is 10.6. The molecule has 3 rings (SSSR count). The maximum Gasteiger partial charge on any atom is 0.0903 e. The Balaban J connectivity index is 1.92. The summed E-state index contributed by atoms with van der Waals surface area (Å²) in [7, 11) is 0. The Morgan fingerprint density at radius 1 is 0.636 bits per heavy atom. The topological polar surface area (TPSA) is 6.48 Å². The maximum absolute atomic E-state index is 2.54. The summed E-state index contributed by atoms with van der Waals surface area (Å²) in [5, 5.41) is 0. The number of benzene rings is 2. The SMILES string of the molecule is Cc1cccc(C)c1N1CCCN(c2c(C)cccc2C)C1. The smallest absolute Gasteiger partial charge is 0.0903 e. The van der Waals surface area contributed by atoms with E-state index in [0.29, 0.717) is 0 Å². The van der Waals surface area contributed by atoms with Crippen molar-refractivity contribution in [3.8, 4) is 0 Å². The second-order valence-electron chi connectivity index (χ2n) is 6.50. The Hall–Kier alpha value is -1.96. The van der Waals surface area contributed by atoms with Crippen LogP contribution < -0.4 is 9.80 Å². The Morgan fingerprint density at radius 3 is 1.36 bits per heavy atom. The van der Waals surface area contributed by atoms with E-state index in [1.165, 1.54) is 40.0 Å². The van der Waals surface area contributed by atoms with Crippen LogP contribution in [0.25, 0.3) is 0 Å². The minimum absolute atomic E-state index is 0.984. The van der Waals surface area contributed by atoms with Crippen molar-refractivity contribution in [2.75, 3.05) is 29.6 Å². The lowest BCUT2D eigenvalue weighted by Gasteiger charge is -2.40. The predicted octanol–water partition coefficient (Wildman–Crippen LogP) is 4.59. The third-order valence-electron chi connectivity index (χ3n) is 4.71. The van der Waals surface area contributed by atoms with Gasteiger partial charge in [-0.05, 0) is 56.4 Å². The number of anilines is 2. The maximum atomic E-state index is 2.54. The van der Waals surface area contributed by atoms with Crippen molar-refractivity contribution in [3.63, 3.8) is 0 Å². The second-order valence-corrected chi connectivity index (χ2v) is 6.50. The van der Waals surface area contributed by atoms with E-state index in [1.54, 1.807) is 0 Å². The molecule has 0 radical (unpaired) electrons. The minimum atomic E-state index is 0.984. The first kappa shape index (κ1) is 15.0. The van der Waals surface area contributed by atoms with Crippen LogP contribution in [0.3, 0.4) is 0 Å². The molecule has 0 amide bonds. The third-order valence-corrected chi connectivity index (χ3v) is 4.71. The lowest BCUT2D eigenvalue weighted by atomic mass is 10.1. The Kier molecular flexibility index (Phi) is 4.10. The summed E-state index contributed by atoms with van der Waals surface area (Å²) in [4.78, 5) is 5.08. The summed E-state index contributed by atoms with van der Waals surface area (Å²) < 4.78 is 0. The summed E-state index contributed by atoms with van der Waals surface area (Å²) in [6, 6.07) is 13.2. The van der Waals surface area contributed by atoms with E-state index in [4.69, 9.17) is 0 Å². The van der Waals surface area contributed by atoms with Gasteiger partial charge in [0.1, 0.15) is 0 Å². The van der Waals surface area contributed by atoms with E-state index in [-0.39, 0.29) is 0 Å². The molecule has 1 fully saturated rings. The van der Waals surface area contributed by atoms with Crippen molar-refractivity contribution in [2.24, 2.45) is 0 Å². The second kappa shape index (κ2) is 6.04. The van der Waals surface area contributed by atoms with Gasteiger partial charge in [-0.3, -0.25) is 0 Å². The van der Waals surface area contributed by atoms with E-state index in [1.807, 2.05) is 0 Å². The number of rotatable bonds is 2. The molecule has 2 aromatic rings. The zero-order valence-corrected chi connectivity index (χ0v) is 14.2. The molecule has 116 valence electrons. The average Bonchev–Trinajstić information content (AvgIpc) is 2.47. The molecule has 0 spiro atoms. The van der Waals surface area contributed by atoms with Crippen LogP contribution in [0.4, 0.5) is 11.4 Å². The number of para-hydroxylation sites is 2. The fourth-order valence-electron chi connectivity index (χ4n) is 3.77. The summed E-state index contributed by atoms with van der Waals surface area (Å²) in [6.45, 7) is 12.2.